The number of carbonyl (C=O) groups is 2. The van der Waals surface area contributed by atoms with Gasteiger partial charge in [-0.15, -0.1) is 12.4 Å². The van der Waals surface area contributed by atoms with E-state index in [2.05, 4.69) is 5.32 Å². The number of nitrogens with one attached hydrogen (secondary N) is 1. The fourth-order valence-corrected chi connectivity index (χ4v) is 3.02. The summed E-state index contributed by atoms with van der Waals surface area (Å²) >= 11 is 12.1. The highest BCUT2D eigenvalue weighted by Gasteiger charge is 2.34. The first-order valence-corrected chi connectivity index (χ1v) is 8.90. The molecule has 0 aliphatic heterocycles. The van der Waals surface area contributed by atoms with E-state index in [1.165, 1.54) is 4.90 Å². The highest BCUT2D eigenvalue weighted by Crippen LogP contribution is 2.29. The molecule has 0 heterocycles. The second kappa shape index (κ2) is 9.95. The third kappa shape index (κ3) is 5.59. The maximum absolute atomic E-state index is 12.9. The molecule has 0 saturated carbocycles. The van der Waals surface area contributed by atoms with Crippen molar-refractivity contribution in [3.05, 3.63) is 64.1 Å². The lowest BCUT2D eigenvalue weighted by Gasteiger charge is -2.31. The summed E-state index contributed by atoms with van der Waals surface area (Å²) in [6, 6.07) is 14.0. The number of anilines is 1. The highest BCUT2D eigenvalue weighted by molar-refractivity contribution is 6.39. The van der Waals surface area contributed by atoms with E-state index in [0.29, 0.717) is 27.8 Å². The average Bonchev–Trinajstić information content (AvgIpc) is 2.63. The summed E-state index contributed by atoms with van der Waals surface area (Å²) in [5.41, 5.74) is 6.03. The molecule has 8 heteroatoms. The summed E-state index contributed by atoms with van der Waals surface area (Å²) < 4.78 is 0. The Labute approximate surface area is 175 Å². The first kappa shape index (κ1) is 23.2. The summed E-state index contributed by atoms with van der Waals surface area (Å²) in [6.45, 7) is 3.60. The number of amides is 2. The SMILES string of the molecule is CCN(CC(=O)Nc1c(Cl)cccc1Cl)C(=O)C(C)(N)c1ccccc1.Cl. The number of para-hydroxylation sites is 1. The van der Waals surface area contributed by atoms with Gasteiger partial charge in [0, 0.05) is 6.54 Å². The number of rotatable bonds is 6. The molecule has 0 bridgehead atoms. The second-order valence-corrected chi connectivity index (χ2v) is 6.85. The number of nitrogens with zero attached hydrogens (tertiary/aromatic N) is 1. The summed E-state index contributed by atoms with van der Waals surface area (Å²) in [5, 5.41) is 3.31. The molecule has 2 aromatic carbocycles. The first-order chi connectivity index (χ1) is 12.3. The lowest BCUT2D eigenvalue weighted by molar-refractivity contribution is -0.139. The molecule has 0 aromatic heterocycles. The van der Waals surface area contributed by atoms with Crippen molar-refractivity contribution in [3.63, 3.8) is 0 Å². The van der Waals surface area contributed by atoms with Crippen LogP contribution in [0.15, 0.2) is 48.5 Å². The van der Waals surface area contributed by atoms with Gasteiger partial charge in [0.25, 0.3) is 0 Å². The summed E-state index contributed by atoms with van der Waals surface area (Å²) in [6.07, 6.45) is 0. The van der Waals surface area contributed by atoms with Gasteiger partial charge in [-0.05, 0) is 31.5 Å². The maximum atomic E-state index is 12.9. The van der Waals surface area contributed by atoms with Gasteiger partial charge in [0.2, 0.25) is 11.8 Å². The molecule has 2 amide bonds. The number of hydrogen-bond donors (Lipinski definition) is 2. The molecule has 146 valence electrons. The van der Waals surface area contributed by atoms with E-state index >= 15 is 0 Å². The third-order valence-electron chi connectivity index (χ3n) is 4.05. The molecule has 0 radical (unpaired) electrons. The monoisotopic (exact) mass is 429 g/mol. The van der Waals surface area contributed by atoms with E-state index in [9.17, 15) is 9.59 Å². The van der Waals surface area contributed by atoms with Gasteiger partial charge < -0.3 is 16.0 Å². The van der Waals surface area contributed by atoms with Gasteiger partial charge in [0.15, 0.2) is 0 Å². The van der Waals surface area contributed by atoms with Crippen molar-refractivity contribution in [2.45, 2.75) is 19.4 Å². The fraction of sp³-hybridized carbons (Fsp3) is 0.263. The Hall–Kier alpha value is -1.79. The zero-order valence-corrected chi connectivity index (χ0v) is 17.4. The van der Waals surface area contributed by atoms with E-state index in [0.717, 1.165) is 0 Å². The predicted molar refractivity (Wildman–Crippen MR) is 113 cm³/mol. The highest BCUT2D eigenvalue weighted by atomic mass is 35.5. The van der Waals surface area contributed by atoms with Crippen LogP contribution in [-0.4, -0.2) is 29.8 Å². The first-order valence-electron chi connectivity index (χ1n) is 8.15. The number of hydrogen-bond acceptors (Lipinski definition) is 3. The van der Waals surface area contributed by atoms with Crippen molar-refractivity contribution in [3.8, 4) is 0 Å². The molecular weight excluding hydrogens is 409 g/mol. The van der Waals surface area contributed by atoms with Gasteiger partial charge >= 0.3 is 0 Å². The van der Waals surface area contributed by atoms with E-state index in [4.69, 9.17) is 28.9 Å². The van der Waals surface area contributed by atoms with Crippen LogP contribution < -0.4 is 11.1 Å². The Bertz CT molecular complexity index is 778. The topological polar surface area (TPSA) is 75.4 Å². The maximum Gasteiger partial charge on any atom is 0.247 e. The standard InChI is InChI=1S/C19H21Cl2N3O2.ClH/c1-3-24(18(26)19(2,22)13-8-5-4-6-9-13)12-16(25)23-17-14(20)10-7-11-15(17)21;/h4-11H,3,12,22H2,1-2H3,(H,23,25);1H. The van der Waals surface area contributed by atoms with Crippen molar-refractivity contribution in [2.24, 2.45) is 5.73 Å². The van der Waals surface area contributed by atoms with E-state index < -0.39 is 11.4 Å². The van der Waals surface area contributed by atoms with Crippen molar-refractivity contribution < 1.29 is 9.59 Å². The van der Waals surface area contributed by atoms with Crippen LogP contribution in [-0.2, 0) is 15.1 Å². The van der Waals surface area contributed by atoms with Crippen molar-refractivity contribution in [1.82, 2.24) is 4.90 Å². The van der Waals surface area contributed by atoms with Crippen molar-refractivity contribution >= 4 is 53.1 Å². The quantitative estimate of drug-likeness (QED) is 0.725. The van der Waals surface area contributed by atoms with Crippen LogP contribution in [0.3, 0.4) is 0 Å². The minimum Gasteiger partial charge on any atom is -0.332 e. The summed E-state index contributed by atoms with van der Waals surface area (Å²) in [4.78, 5) is 26.7. The van der Waals surface area contributed by atoms with Gasteiger partial charge in [-0.3, -0.25) is 9.59 Å². The third-order valence-corrected chi connectivity index (χ3v) is 4.68. The van der Waals surface area contributed by atoms with Crippen LogP contribution in [0.25, 0.3) is 0 Å². The lowest BCUT2D eigenvalue weighted by Crippen LogP contribution is -2.52. The molecule has 0 fully saturated rings. The smallest absolute Gasteiger partial charge is 0.247 e. The van der Waals surface area contributed by atoms with Gasteiger partial charge in [-0.25, -0.2) is 0 Å². The molecule has 1 unspecified atom stereocenters. The van der Waals surface area contributed by atoms with Gasteiger partial charge in [0.05, 0.1) is 22.3 Å². The number of halogens is 3. The largest absolute Gasteiger partial charge is 0.332 e. The normalized spacial score (nSPS) is 12.5. The number of carbonyl (C=O) groups excluding carboxylic acids is 2. The lowest BCUT2D eigenvalue weighted by atomic mass is 9.91. The number of nitrogens with two attached hydrogens (primary N) is 1. The van der Waals surface area contributed by atoms with E-state index in [1.54, 1.807) is 44.2 Å². The van der Waals surface area contributed by atoms with Gasteiger partial charge in [0.1, 0.15) is 5.54 Å². The Morgan fingerprint density at radius 1 is 1.07 bits per heavy atom. The minimum atomic E-state index is -1.24. The van der Waals surface area contributed by atoms with Crippen molar-refractivity contribution in [1.29, 1.82) is 0 Å². The number of likely N-dealkylation sites (N-methyl/N-ethyl adjacent to an activating group) is 1. The predicted octanol–water partition coefficient (Wildman–Crippen LogP) is 4.08. The molecule has 5 nitrogen and oxygen atoms in total. The zero-order valence-electron chi connectivity index (χ0n) is 15.0. The molecule has 1 atom stereocenters. The molecule has 0 spiro atoms. The van der Waals surface area contributed by atoms with E-state index in [1.807, 2.05) is 18.2 Å². The Kier molecular flexibility index (Phi) is 8.57. The Morgan fingerprint density at radius 2 is 1.63 bits per heavy atom. The molecule has 2 aromatic rings. The van der Waals surface area contributed by atoms with E-state index in [-0.39, 0.29) is 24.9 Å². The molecule has 27 heavy (non-hydrogen) atoms. The van der Waals surface area contributed by atoms with Crippen LogP contribution in [0.4, 0.5) is 5.69 Å². The molecule has 3 N–H and O–H groups in total. The molecule has 0 saturated heterocycles. The Morgan fingerprint density at radius 3 is 2.15 bits per heavy atom. The molecule has 0 aliphatic rings. The van der Waals surface area contributed by atoms with Gasteiger partial charge in [-0.1, -0.05) is 59.6 Å². The average molecular weight is 431 g/mol. The molecular formula is C19H22Cl3N3O2. The van der Waals surface area contributed by atoms with Crippen LogP contribution in [0.2, 0.25) is 10.0 Å². The summed E-state index contributed by atoms with van der Waals surface area (Å²) in [5.74, 6) is -0.745. The fourth-order valence-electron chi connectivity index (χ4n) is 2.53. The second-order valence-electron chi connectivity index (χ2n) is 6.03. The zero-order chi connectivity index (χ0) is 19.3. The summed E-state index contributed by atoms with van der Waals surface area (Å²) in [7, 11) is 0. The van der Waals surface area contributed by atoms with Gasteiger partial charge in [-0.2, -0.15) is 0 Å². The van der Waals surface area contributed by atoms with Crippen LogP contribution >= 0.6 is 35.6 Å². The Balaban J connectivity index is 0.00000364. The molecule has 2 rings (SSSR count). The van der Waals surface area contributed by atoms with Crippen LogP contribution in [0.1, 0.15) is 19.4 Å². The number of benzene rings is 2. The van der Waals surface area contributed by atoms with Crippen molar-refractivity contribution in [2.75, 3.05) is 18.4 Å². The van der Waals surface area contributed by atoms with Crippen LogP contribution in [0.5, 0.6) is 0 Å². The molecule has 0 aliphatic carbocycles. The van der Waals surface area contributed by atoms with Crippen LogP contribution in [0, 0.1) is 0 Å². The minimum absolute atomic E-state index is 0.